The number of carboxylic acids is 1. The van der Waals surface area contributed by atoms with Gasteiger partial charge in [-0.2, -0.15) is 5.10 Å². The van der Waals surface area contributed by atoms with Gasteiger partial charge in [-0.1, -0.05) is 25.1 Å². The minimum Gasteiger partial charge on any atom is -0.480 e. The molecular formula is C13H15N3O3. The minimum absolute atomic E-state index is 0.205. The molecule has 6 nitrogen and oxygen atoms in total. The van der Waals surface area contributed by atoms with E-state index in [1.807, 2.05) is 6.07 Å². The van der Waals surface area contributed by atoms with Gasteiger partial charge in [-0.25, -0.2) is 4.79 Å². The Hall–Kier alpha value is -2.37. The number of carbonyl (C=O) groups is 2. The number of nitrogens with one attached hydrogen (secondary N) is 2. The number of rotatable bonds is 4. The highest BCUT2D eigenvalue weighted by Crippen LogP contribution is 2.17. The van der Waals surface area contributed by atoms with Gasteiger partial charge in [0, 0.05) is 5.39 Å². The number of carbonyl (C=O) groups excluding carboxylic acids is 1. The minimum atomic E-state index is -1.29. The maximum Gasteiger partial charge on any atom is 0.329 e. The second kappa shape index (κ2) is 4.72. The number of fused-ring (bicyclic) bond motifs is 1. The molecule has 6 heteroatoms. The van der Waals surface area contributed by atoms with Crippen LogP contribution >= 0.6 is 0 Å². The van der Waals surface area contributed by atoms with Gasteiger partial charge in [0.15, 0.2) is 5.69 Å². The van der Waals surface area contributed by atoms with Gasteiger partial charge in [0.05, 0.1) is 5.52 Å². The molecule has 0 saturated carbocycles. The van der Waals surface area contributed by atoms with E-state index in [2.05, 4.69) is 15.5 Å². The summed E-state index contributed by atoms with van der Waals surface area (Å²) in [4.78, 5) is 23.3. The molecule has 0 radical (unpaired) electrons. The Labute approximate surface area is 109 Å². The van der Waals surface area contributed by atoms with E-state index in [1.54, 1.807) is 25.1 Å². The molecule has 3 N–H and O–H groups in total. The molecular weight excluding hydrogens is 246 g/mol. The normalized spacial score (nSPS) is 14.0. The van der Waals surface area contributed by atoms with Crippen molar-refractivity contribution < 1.29 is 14.7 Å². The Bertz CT molecular complexity index is 635. The van der Waals surface area contributed by atoms with Crippen molar-refractivity contribution in [3.8, 4) is 0 Å². The van der Waals surface area contributed by atoms with Crippen LogP contribution in [0, 0.1) is 0 Å². The van der Waals surface area contributed by atoms with Crippen molar-refractivity contribution in [2.45, 2.75) is 25.8 Å². The van der Waals surface area contributed by atoms with Crippen molar-refractivity contribution in [3.05, 3.63) is 30.0 Å². The standard InChI is InChI=1S/C13H15N3O3/c1-3-13(2,12(18)19)14-11(17)10-8-6-4-5-7-9(8)15-16-10/h4-7H,3H2,1-2H3,(H,14,17)(H,15,16)(H,18,19). The summed E-state index contributed by atoms with van der Waals surface area (Å²) < 4.78 is 0. The lowest BCUT2D eigenvalue weighted by molar-refractivity contribution is -0.143. The van der Waals surface area contributed by atoms with Crippen LogP contribution in [0.3, 0.4) is 0 Å². The van der Waals surface area contributed by atoms with Gasteiger partial charge < -0.3 is 10.4 Å². The van der Waals surface area contributed by atoms with E-state index < -0.39 is 17.4 Å². The molecule has 0 saturated heterocycles. The summed E-state index contributed by atoms with van der Waals surface area (Å²) in [5, 5.41) is 19.0. The smallest absolute Gasteiger partial charge is 0.329 e. The molecule has 1 amide bonds. The summed E-state index contributed by atoms with van der Waals surface area (Å²) in [5.74, 6) is -1.56. The van der Waals surface area contributed by atoms with Gasteiger partial charge in [-0.15, -0.1) is 0 Å². The Morgan fingerprint density at radius 3 is 2.74 bits per heavy atom. The molecule has 100 valence electrons. The molecule has 0 aliphatic heterocycles. The number of carboxylic acid groups (broad SMARTS) is 1. The van der Waals surface area contributed by atoms with Crippen molar-refractivity contribution in [1.29, 1.82) is 0 Å². The molecule has 0 fully saturated rings. The predicted molar refractivity (Wildman–Crippen MR) is 69.9 cm³/mol. The number of aromatic amines is 1. The Kier molecular flexibility index (Phi) is 3.25. The fraction of sp³-hybridized carbons (Fsp3) is 0.308. The van der Waals surface area contributed by atoms with Crippen LogP contribution in [-0.4, -0.2) is 32.7 Å². The van der Waals surface area contributed by atoms with Crippen LogP contribution in [-0.2, 0) is 4.79 Å². The molecule has 0 aliphatic rings. The molecule has 0 spiro atoms. The third-order valence-corrected chi connectivity index (χ3v) is 3.25. The van der Waals surface area contributed by atoms with E-state index in [9.17, 15) is 9.59 Å². The van der Waals surface area contributed by atoms with Crippen LogP contribution in [0.4, 0.5) is 0 Å². The van der Waals surface area contributed by atoms with Crippen molar-refractivity contribution in [2.75, 3.05) is 0 Å². The zero-order valence-corrected chi connectivity index (χ0v) is 10.7. The van der Waals surface area contributed by atoms with E-state index in [1.165, 1.54) is 6.92 Å². The number of hydrogen-bond donors (Lipinski definition) is 3. The first-order chi connectivity index (χ1) is 8.98. The Morgan fingerprint density at radius 1 is 1.42 bits per heavy atom. The van der Waals surface area contributed by atoms with Crippen LogP contribution in [0.5, 0.6) is 0 Å². The zero-order valence-electron chi connectivity index (χ0n) is 10.7. The predicted octanol–water partition coefficient (Wildman–Crippen LogP) is 1.55. The average molecular weight is 261 g/mol. The third-order valence-electron chi connectivity index (χ3n) is 3.25. The van der Waals surface area contributed by atoms with Gasteiger partial charge in [-0.3, -0.25) is 9.89 Å². The molecule has 2 aromatic rings. The van der Waals surface area contributed by atoms with Gasteiger partial charge in [0.2, 0.25) is 0 Å². The number of aromatic nitrogens is 2. The summed E-state index contributed by atoms with van der Waals surface area (Å²) in [5.41, 5.74) is -0.352. The quantitative estimate of drug-likeness (QED) is 0.778. The molecule has 1 atom stereocenters. The number of para-hydroxylation sites is 1. The highest BCUT2D eigenvalue weighted by atomic mass is 16.4. The molecule has 0 aliphatic carbocycles. The summed E-state index contributed by atoms with van der Waals surface area (Å²) in [6, 6.07) is 7.19. The lowest BCUT2D eigenvalue weighted by Gasteiger charge is -2.24. The maximum absolute atomic E-state index is 12.1. The van der Waals surface area contributed by atoms with E-state index in [4.69, 9.17) is 5.11 Å². The number of benzene rings is 1. The maximum atomic E-state index is 12.1. The first-order valence-electron chi connectivity index (χ1n) is 5.97. The molecule has 1 unspecified atom stereocenters. The summed E-state index contributed by atoms with van der Waals surface area (Å²) in [6.45, 7) is 3.18. The van der Waals surface area contributed by atoms with Crippen LogP contribution in [0.15, 0.2) is 24.3 Å². The lowest BCUT2D eigenvalue weighted by atomic mass is 9.99. The molecule has 1 aromatic carbocycles. The number of H-pyrrole nitrogens is 1. The summed E-state index contributed by atoms with van der Waals surface area (Å²) >= 11 is 0. The van der Waals surface area contributed by atoms with Crippen molar-refractivity contribution in [3.63, 3.8) is 0 Å². The topological polar surface area (TPSA) is 95.1 Å². The van der Waals surface area contributed by atoms with E-state index in [0.29, 0.717) is 5.39 Å². The van der Waals surface area contributed by atoms with Crippen molar-refractivity contribution in [1.82, 2.24) is 15.5 Å². The lowest BCUT2D eigenvalue weighted by Crippen LogP contribution is -2.51. The first kappa shape index (κ1) is 13.1. The third kappa shape index (κ3) is 2.29. The first-order valence-corrected chi connectivity index (χ1v) is 5.97. The summed E-state index contributed by atoms with van der Waals surface area (Å²) in [6.07, 6.45) is 0.288. The molecule has 0 bridgehead atoms. The number of aliphatic carboxylic acids is 1. The van der Waals surface area contributed by atoms with Crippen LogP contribution < -0.4 is 5.32 Å². The second-order valence-corrected chi connectivity index (χ2v) is 4.56. The molecule has 1 heterocycles. The molecule has 1 aromatic heterocycles. The fourth-order valence-electron chi connectivity index (χ4n) is 1.74. The van der Waals surface area contributed by atoms with Crippen LogP contribution in [0.25, 0.3) is 10.9 Å². The van der Waals surface area contributed by atoms with E-state index in [0.717, 1.165) is 5.52 Å². The summed E-state index contributed by atoms with van der Waals surface area (Å²) in [7, 11) is 0. The van der Waals surface area contributed by atoms with Crippen LogP contribution in [0.2, 0.25) is 0 Å². The Balaban J connectivity index is 2.32. The van der Waals surface area contributed by atoms with Crippen molar-refractivity contribution in [2.24, 2.45) is 0 Å². The number of hydrogen-bond acceptors (Lipinski definition) is 3. The van der Waals surface area contributed by atoms with E-state index >= 15 is 0 Å². The van der Waals surface area contributed by atoms with Crippen molar-refractivity contribution >= 4 is 22.8 Å². The molecule has 19 heavy (non-hydrogen) atoms. The zero-order chi connectivity index (χ0) is 14.0. The monoisotopic (exact) mass is 261 g/mol. The van der Waals surface area contributed by atoms with Crippen LogP contribution in [0.1, 0.15) is 30.8 Å². The average Bonchev–Trinajstić information content (AvgIpc) is 2.82. The van der Waals surface area contributed by atoms with Gasteiger partial charge >= 0.3 is 5.97 Å². The number of nitrogens with zero attached hydrogens (tertiary/aromatic N) is 1. The Morgan fingerprint density at radius 2 is 2.11 bits per heavy atom. The SMILES string of the molecule is CCC(C)(NC(=O)c1n[nH]c2ccccc12)C(=O)O. The highest BCUT2D eigenvalue weighted by Gasteiger charge is 2.33. The van der Waals surface area contributed by atoms with E-state index in [-0.39, 0.29) is 12.1 Å². The second-order valence-electron chi connectivity index (χ2n) is 4.56. The van der Waals surface area contributed by atoms with Gasteiger partial charge in [0.25, 0.3) is 5.91 Å². The largest absolute Gasteiger partial charge is 0.480 e. The highest BCUT2D eigenvalue weighted by molar-refractivity contribution is 6.06. The molecule has 2 rings (SSSR count). The fourth-order valence-corrected chi connectivity index (χ4v) is 1.74. The van der Waals surface area contributed by atoms with Gasteiger partial charge in [0.1, 0.15) is 5.54 Å². The van der Waals surface area contributed by atoms with Gasteiger partial charge in [-0.05, 0) is 19.4 Å². The number of amides is 1.